The van der Waals surface area contributed by atoms with Crippen LogP contribution in [0, 0.1) is 5.92 Å². The van der Waals surface area contributed by atoms with Gasteiger partial charge in [0.25, 0.3) is 5.91 Å². The van der Waals surface area contributed by atoms with Crippen LogP contribution in [0.1, 0.15) is 37.0 Å². The topological polar surface area (TPSA) is 75.9 Å². The summed E-state index contributed by atoms with van der Waals surface area (Å²) in [6.45, 7) is 7.24. The van der Waals surface area contributed by atoms with Crippen LogP contribution in [0.25, 0.3) is 0 Å². The van der Waals surface area contributed by atoms with Crippen molar-refractivity contribution in [2.75, 3.05) is 26.2 Å². The Morgan fingerprint density at radius 2 is 1.72 bits per heavy atom. The number of primary amides is 1. The third-order valence-corrected chi connectivity index (χ3v) is 5.07. The first kappa shape index (κ1) is 17.7. The molecule has 2 heterocycles. The van der Waals surface area contributed by atoms with Crippen molar-refractivity contribution in [3.8, 4) is 5.75 Å². The lowest BCUT2D eigenvalue weighted by atomic mass is 9.93. The van der Waals surface area contributed by atoms with Crippen LogP contribution in [0.2, 0.25) is 0 Å². The Bertz CT molecular complexity index is 615. The lowest BCUT2D eigenvalue weighted by Gasteiger charge is -2.47. The Morgan fingerprint density at radius 3 is 2.24 bits per heavy atom. The molecule has 6 heteroatoms. The molecule has 0 radical (unpaired) electrons. The molecule has 0 spiro atoms. The summed E-state index contributed by atoms with van der Waals surface area (Å²) in [5.74, 6) is 0.681. The monoisotopic (exact) mass is 345 g/mol. The number of hydrogen-bond acceptors (Lipinski definition) is 4. The molecule has 2 amide bonds. The van der Waals surface area contributed by atoms with Gasteiger partial charge in [-0.05, 0) is 64.0 Å². The molecule has 0 unspecified atom stereocenters. The predicted octanol–water partition coefficient (Wildman–Crippen LogP) is 1.50. The van der Waals surface area contributed by atoms with Gasteiger partial charge >= 0.3 is 0 Å². The van der Waals surface area contributed by atoms with Crippen molar-refractivity contribution in [3.05, 3.63) is 29.8 Å². The van der Waals surface area contributed by atoms with Crippen molar-refractivity contribution < 1.29 is 14.3 Å². The van der Waals surface area contributed by atoms with Crippen LogP contribution in [0.3, 0.4) is 0 Å². The maximum Gasteiger partial charge on any atom is 0.253 e. The molecule has 2 saturated heterocycles. The van der Waals surface area contributed by atoms with Gasteiger partial charge in [-0.15, -0.1) is 0 Å². The molecule has 0 bridgehead atoms. The minimum atomic E-state index is -0.185. The Labute approximate surface area is 148 Å². The lowest BCUT2D eigenvalue weighted by Crippen LogP contribution is -2.62. The first-order valence-corrected chi connectivity index (χ1v) is 9.03. The fourth-order valence-electron chi connectivity index (χ4n) is 3.53. The van der Waals surface area contributed by atoms with E-state index in [0.717, 1.165) is 44.8 Å². The van der Waals surface area contributed by atoms with Crippen LogP contribution in [0.15, 0.2) is 24.3 Å². The highest BCUT2D eigenvalue weighted by atomic mass is 16.5. The normalized spacial score (nSPS) is 19.7. The number of nitrogens with two attached hydrogens (primary N) is 1. The van der Waals surface area contributed by atoms with Crippen LogP contribution in [-0.2, 0) is 4.79 Å². The SMILES string of the molecule is CC(C)Oc1ccc(C(=O)N2CC(N3CCC(C(N)=O)CC3)C2)cc1. The van der Waals surface area contributed by atoms with Crippen molar-refractivity contribution >= 4 is 11.8 Å². The molecule has 1 aromatic rings. The van der Waals surface area contributed by atoms with Crippen molar-refractivity contribution in [2.24, 2.45) is 11.7 Å². The summed E-state index contributed by atoms with van der Waals surface area (Å²) < 4.78 is 5.61. The van der Waals surface area contributed by atoms with Crippen LogP contribution in [0.5, 0.6) is 5.75 Å². The van der Waals surface area contributed by atoms with E-state index < -0.39 is 0 Å². The van der Waals surface area contributed by atoms with E-state index in [1.807, 2.05) is 43.0 Å². The van der Waals surface area contributed by atoms with Gasteiger partial charge in [0.2, 0.25) is 5.91 Å². The van der Waals surface area contributed by atoms with Crippen LogP contribution in [-0.4, -0.2) is 59.9 Å². The maximum atomic E-state index is 12.5. The Balaban J connectivity index is 1.47. The summed E-state index contributed by atoms with van der Waals surface area (Å²) in [4.78, 5) is 28.0. The molecule has 3 rings (SSSR count). The molecule has 2 aliphatic rings. The average molecular weight is 345 g/mol. The number of nitrogens with zero attached hydrogens (tertiary/aromatic N) is 2. The number of carbonyl (C=O) groups is 2. The molecule has 6 nitrogen and oxygen atoms in total. The number of rotatable bonds is 5. The van der Waals surface area contributed by atoms with E-state index in [4.69, 9.17) is 10.5 Å². The van der Waals surface area contributed by atoms with Gasteiger partial charge in [-0.25, -0.2) is 0 Å². The minimum Gasteiger partial charge on any atom is -0.491 e. The Hall–Kier alpha value is -2.08. The molecule has 25 heavy (non-hydrogen) atoms. The van der Waals surface area contributed by atoms with E-state index >= 15 is 0 Å². The van der Waals surface area contributed by atoms with E-state index in [-0.39, 0.29) is 23.8 Å². The first-order chi connectivity index (χ1) is 11.9. The van der Waals surface area contributed by atoms with Gasteiger partial charge < -0.3 is 15.4 Å². The standard InChI is InChI=1S/C19H27N3O3/c1-13(2)25-17-5-3-15(4-6-17)19(24)22-11-16(12-22)21-9-7-14(8-10-21)18(20)23/h3-6,13-14,16H,7-12H2,1-2H3,(H2,20,23). The number of ether oxygens (including phenoxy) is 1. The quantitative estimate of drug-likeness (QED) is 0.877. The molecule has 2 fully saturated rings. The van der Waals surface area contributed by atoms with Gasteiger partial charge in [0.1, 0.15) is 5.75 Å². The highest BCUT2D eigenvalue weighted by Crippen LogP contribution is 2.24. The highest BCUT2D eigenvalue weighted by molar-refractivity contribution is 5.95. The zero-order valence-corrected chi connectivity index (χ0v) is 15.0. The van der Waals surface area contributed by atoms with Gasteiger partial charge in [0, 0.05) is 30.6 Å². The van der Waals surface area contributed by atoms with E-state index in [0.29, 0.717) is 11.6 Å². The number of hydrogen-bond donors (Lipinski definition) is 1. The van der Waals surface area contributed by atoms with Crippen LogP contribution >= 0.6 is 0 Å². The molecule has 2 N–H and O–H groups in total. The Kier molecular flexibility index (Phi) is 5.27. The smallest absolute Gasteiger partial charge is 0.253 e. The third-order valence-electron chi connectivity index (χ3n) is 5.07. The second kappa shape index (κ2) is 7.44. The van der Waals surface area contributed by atoms with E-state index in [9.17, 15) is 9.59 Å². The largest absolute Gasteiger partial charge is 0.491 e. The molecule has 2 aliphatic heterocycles. The number of amides is 2. The molecule has 0 saturated carbocycles. The molecule has 0 aliphatic carbocycles. The summed E-state index contributed by atoms with van der Waals surface area (Å²) >= 11 is 0. The van der Waals surface area contributed by atoms with Crippen molar-refractivity contribution in [1.29, 1.82) is 0 Å². The van der Waals surface area contributed by atoms with Gasteiger partial charge in [0.05, 0.1) is 6.10 Å². The second-order valence-electron chi connectivity index (χ2n) is 7.27. The van der Waals surface area contributed by atoms with Crippen molar-refractivity contribution in [3.63, 3.8) is 0 Å². The summed E-state index contributed by atoms with van der Waals surface area (Å²) in [5.41, 5.74) is 6.08. The zero-order chi connectivity index (χ0) is 18.0. The van der Waals surface area contributed by atoms with Gasteiger partial charge in [-0.2, -0.15) is 0 Å². The number of likely N-dealkylation sites (tertiary alicyclic amines) is 2. The molecule has 0 aromatic heterocycles. The van der Waals surface area contributed by atoms with Gasteiger partial charge in [0.15, 0.2) is 0 Å². The number of piperidine rings is 1. The number of carbonyl (C=O) groups excluding carboxylic acids is 2. The number of benzene rings is 1. The van der Waals surface area contributed by atoms with Gasteiger partial charge in [-0.3, -0.25) is 14.5 Å². The lowest BCUT2D eigenvalue weighted by molar-refractivity contribution is -0.123. The fraction of sp³-hybridized carbons (Fsp3) is 0.579. The summed E-state index contributed by atoms with van der Waals surface area (Å²) in [7, 11) is 0. The zero-order valence-electron chi connectivity index (χ0n) is 15.0. The van der Waals surface area contributed by atoms with E-state index in [1.165, 1.54) is 0 Å². The first-order valence-electron chi connectivity index (χ1n) is 9.03. The van der Waals surface area contributed by atoms with Crippen LogP contribution < -0.4 is 10.5 Å². The van der Waals surface area contributed by atoms with Gasteiger partial charge in [-0.1, -0.05) is 0 Å². The predicted molar refractivity (Wildman–Crippen MR) is 95.4 cm³/mol. The molecule has 1 aromatic carbocycles. The Morgan fingerprint density at radius 1 is 1.12 bits per heavy atom. The molecule has 0 atom stereocenters. The average Bonchev–Trinajstić information content (AvgIpc) is 2.54. The highest BCUT2D eigenvalue weighted by Gasteiger charge is 2.37. The second-order valence-corrected chi connectivity index (χ2v) is 7.27. The van der Waals surface area contributed by atoms with Crippen molar-refractivity contribution in [1.82, 2.24) is 9.80 Å². The molecule has 136 valence electrons. The maximum absolute atomic E-state index is 12.5. The summed E-state index contributed by atoms with van der Waals surface area (Å²) in [6.07, 6.45) is 1.78. The summed E-state index contributed by atoms with van der Waals surface area (Å²) in [6, 6.07) is 7.75. The summed E-state index contributed by atoms with van der Waals surface area (Å²) in [5, 5.41) is 0. The van der Waals surface area contributed by atoms with E-state index in [2.05, 4.69) is 4.90 Å². The van der Waals surface area contributed by atoms with E-state index in [1.54, 1.807) is 0 Å². The molecular formula is C19H27N3O3. The minimum absolute atomic E-state index is 0.0145. The third kappa shape index (κ3) is 4.12. The van der Waals surface area contributed by atoms with Crippen LogP contribution in [0.4, 0.5) is 0 Å². The fourth-order valence-corrected chi connectivity index (χ4v) is 3.53. The van der Waals surface area contributed by atoms with Crippen molar-refractivity contribution in [2.45, 2.75) is 38.8 Å². The molecular weight excluding hydrogens is 318 g/mol.